The van der Waals surface area contributed by atoms with Crippen molar-refractivity contribution in [3.8, 4) is 5.75 Å². The summed E-state index contributed by atoms with van der Waals surface area (Å²) in [5.74, 6) is -1.31. The van der Waals surface area contributed by atoms with Gasteiger partial charge in [0.05, 0.1) is 5.56 Å². The molecule has 0 radical (unpaired) electrons. The van der Waals surface area contributed by atoms with E-state index in [1.54, 1.807) is 6.07 Å². The maximum atomic E-state index is 12.1. The van der Waals surface area contributed by atoms with E-state index in [9.17, 15) is 18.4 Å². The van der Waals surface area contributed by atoms with Crippen LogP contribution >= 0.6 is 0 Å². The molecular formula is C20H15F2NO4. The Hall–Kier alpha value is -3.48. The molecule has 3 aromatic rings. The molecule has 0 aliphatic rings. The van der Waals surface area contributed by atoms with Crippen LogP contribution < -0.4 is 10.1 Å². The highest BCUT2D eigenvalue weighted by Crippen LogP contribution is 2.19. The second-order valence-electron chi connectivity index (χ2n) is 5.59. The number of carbonyl (C=O) groups excluding carboxylic acids is 2. The molecule has 0 aromatic heterocycles. The van der Waals surface area contributed by atoms with E-state index in [2.05, 4.69) is 10.1 Å². The maximum absolute atomic E-state index is 12.1. The Morgan fingerprint density at radius 1 is 0.926 bits per heavy atom. The Balaban J connectivity index is 1.54. The first-order valence-electron chi connectivity index (χ1n) is 8.02. The van der Waals surface area contributed by atoms with Crippen molar-refractivity contribution in [3.63, 3.8) is 0 Å². The zero-order valence-corrected chi connectivity index (χ0v) is 14.0. The normalized spacial score (nSPS) is 10.6. The number of fused-ring (bicyclic) bond motifs is 1. The highest BCUT2D eigenvalue weighted by atomic mass is 19.3. The molecule has 27 heavy (non-hydrogen) atoms. The standard InChI is InChI=1S/C20H15F2NO4/c21-20(22)27-17-9-6-14(7-10-17)19(25)26-12-18(24)23-16-8-5-13-3-1-2-4-15(13)11-16/h1-11,20H,12H2,(H,23,24). The van der Waals surface area contributed by atoms with E-state index in [1.165, 1.54) is 24.3 Å². The maximum Gasteiger partial charge on any atom is 0.387 e. The molecular weight excluding hydrogens is 356 g/mol. The van der Waals surface area contributed by atoms with Gasteiger partial charge in [-0.1, -0.05) is 30.3 Å². The quantitative estimate of drug-likeness (QED) is 0.659. The number of ether oxygens (including phenoxy) is 2. The Morgan fingerprint density at radius 2 is 1.63 bits per heavy atom. The summed E-state index contributed by atoms with van der Waals surface area (Å²) in [6, 6.07) is 18.1. The van der Waals surface area contributed by atoms with Crippen molar-refractivity contribution in [3.05, 3.63) is 72.3 Å². The molecule has 138 valence electrons. The number of hydrogen-bond donors (Lipinski definition) is 1. The SMILES string of the molecule is O=C(COC(=O)c1ccc(OC(F)F)cc1)Nc1ccc2ccccc2c1. The van der Waals surface area contributed by atoms with Gasteiger partial charge in [0.2, 0.25) is 0 Å². The van der Waals surface area contributed by atoms with Gasteiger partial charge in [0, 0.05) is 5.69 Å². The lowest BCUT2D eigenvalue weighted by molar-refractivity contribution is -0.119. The summed E-state index contributed by atoms with van der Waals surface area (Å²) < 4.78 is 33.3. The van der Waals surface area contributed by atoms with Gasteiger partial charge in [-0.15, -0.1) is 0 Å². The molecule has 1 N–H and O–H groups in total. The number of rotatable bonds is 6. The Morgan fingerprint density at radius 3 is 2.33 bits per heavy atom. The fourth-order valence-electron chi connectivity index (χ4n) is 2.45. The van der Waals surface area contributed by atoms with E-state index in [4.69, 9.17) is 4.74 Å². The minimum absolute atomic E-state index is 0.0735. The third-order valence-corrected chi connectivity index (χ3v) is 3.68. The number of halogens is 2. The molecule has 0 heterocycles. The number of nitrogens with one attached hydrogen (secondary N) is 1. The van der Waals surface area contributed by atoms with Crippen molar-refractivity contribution < 1.29 is 27.8 Å². The predicted molar refractivity (Wildman–Crippen MR) is 95.9 cm³/mol. The van der Waals surface area contributed by atoms with Gasteiger partial charge in [-0.05, 0) is 47.2 Å². The first kappa shape index (κ1) is 18.3. The van der Waals surface area contributed by atoms with Crippen molar-refractivity contribution in [1.82, 2.24) is 0 Å². The molecule has 1 amide bonds. The van der Waals surface area contributed by atoms with E-state index in [1.807, 2.05) is 36.4 Å². The fourth-order valence-corrected chi connectivity index (χ4v) is 2.45. The highest BCUT2D eigenvalue weighted by molar-refractivity contribution is 5.97. The third kappa shape index (κ3) is 5.01. The van der Waals surface area contributed by atoms with Crippen molar-refractivity contribution in [2.45, 2.75) is 6.61 Å². The van der Waals surface area contributed by atoms with Crippen molar-refractivity contribution in [2.75, 3.05) is 11.9 Å². The van der Waals surface area contributed by atoms with Crippen molar-refractivity contribution in [2.24, 2.45) is 0 Å². The molecule has 5 nitrogen and oxygen atoms in total. The lowest BCUT2D eigenvalue weighted by Crippen LogP contribution is -2.20. The van der Waals surface area contributed by atoms with Gasteiger partial charge in [-0.3, -0.25) is 4.79 Å². The van der Waals surface area contributed by atoms with Crippen molar-refractivity contribution in [1.29, 1.82) is 0 Å². The van der Waals surface area contributed by atoms with Crippen LogP contribution in [0.1, 0.15) is 10.4 Å². The highest BCUT2D eigenvalue weighted by Gasteiger charge is 2.12. The summed E-state index contributed by atoms with van der Waals surface area (Å²) in [6.45, 7) is -3.41. The van der Waals surface area contributed by atoms with Crippen LogP contribution in [0.4, 0.5) is 14.5 Å². The fraction of sp³-hybridized carbons (Fsp3) is 0.100. The first-order chi connectivity index (χ1) is 13.0. The summed E-state index contributed by atoms with van der Waals surface area (Å²) in [5, 5.41) is 4.67. The number of carbonyl (C=O) groups is 2. The molecule has 0 aliphatic heterocycles. The zero-order valence-electron chi connectivity index (χ0n) is 14.0. The summed E-state index contributed by atoms with van der Waals surface area (Å²) in [5.41, 5.74) is 0.707. The van der Waals surface area contributed by atoms with E-state index in [0.717, 1.165) is 10.8 Å². The van der Waals surface area contributed by atoms with Gasteiger partial charge in [-0.2, -0.15) is 8.78 Å². The molecule has 3 aromatic carbocycles. The predicted octanol–water partition coefficient (Wildman–Crippen LogP) is 4.24. The summed E-state index contributed by atoms with van der Waals surface area (Å²) in [4.78, 5) is 23.9. The van der Waals surface area contributed by atoms with E-state index in [-0.39, 0.29) is 11.3 Å². The van der Waals surface area contributed by atoms with Crippen LogP contribution in [0.15, 0.2) is 66.7 Å². The number of benzene rings is 3. The summed E-state index contributed by atoms with van der Waals surface area (Å²) in [6.07, 6.45) is 0. The molecule has 7 heteroatoms. The molecule has 0 aliphatic carbocycles. The van der Waals surface area contributed by atoms with Crippen LogP contribution in [-0.2, 0) is 9.53 Å². The lowest BCUT2D eigenvalue weighted by atomic mass is 10.1. The third-order valence-electron chi connectivity index (χ3n) is 3.68. The van der Waals surface area contributed by atoms with Crippen LogP contribution in [-0.4, -0.2) is 25.1 Å². The monoisotopic (exact) mass is 371 g/mol. The van der Waals surface area contributed by atoms with E-state index >= 15 is 0 Å². The minimum atomic E-state index is -2.94. The second-order valence-corrected chi connectivity index (χ2v) is 5.59. The average molecular weight is 371 g/mol. The minimum Gasteiger partial charge on any atom is -0.452 e. The summed E-state index contributed by atoms with van der Waals surface area (Å²) in [7, 11) is 0. The molecule has 0 fully saturated rings. The topological polar surface area (TPSA) is 64.6 Å². The smallest absolute Gasteiger partial charge is 0.387 e. The zero-order chi connectivity index (χ0) is 19.2. The summed E-state index contributed by atoms with van der Waals surface area (Å²) >= 11 is 0. The van der Waals surface area contributed by atoms with Crippen LogP contribution in [0.2, 0.25) is 0 Å². The van der Waals surface area contributed by atoms with Crippen molar-refractivity contribution >= 4 is 28.3 Å². The largest absolute Gasteiger partial charge is 0.452 e. The first-order valence-corrected chi connectivity index (χ1v) is 8.02. The Labute approximate surface area is 153 Å². The number of esters is 1. The lowest BCUT2D eigenvalue weighted by Gasteiger charge is -2.08. The van der Waals surface area contributed by atoms with Gasteiger partial charge in [0.1, 0.15) is 5.75 Å². The van der Waals surface area contributed by atoms with E-state index in [0.29, 0.717) is 5.69 Å². The number of hydrogen-bond acceptors (Lipinski definition) is 4. The average Bonchev–Trinajstić information content (AvgIpc) is 2.66. The van der Waals surface area contributed by atoms with Crippen LogP contribution in [0.3, 0.4) is 0 Å². The van der Waals surface area contributed by atoms with Gasteiger partial charge >= 0.3 is 12.6 Å². The molecule has 0 spiro atoms. The van der Waals surface area contributed by atoms with E-state index < -0.39 is 25.1 Å². The number of anilines is 1. The van der Waals surface area contributed by atoms with Crippen LogP contribution in [0.5, 0.6) is 5.75 Å². The van der Waals surface area contributed by atoms with Gasteiger partial charge in [0.25, 0.3) is 5.91 Å². The van der Waals surface area contributed by atoms with Gasteiger partial charge in [-0.25, -0.2) is 4.79 Å². The Bertz CT molecular complexity index is 958. The molecule has 0 saturated carbocycles. The molecule has 0 atom stereocenters. The molecule has 0 unspecified atom stereocenters. The molecule has 0 bridgehead atoms. The molecule has 0 saturated heterocycles. The Kier molecular flexibility index (Phi) is 5.61. The second kappa shape index (κ2) is 8.27. The number of alkyl halides is 2. The van der Waals surface area contributed by atoms with Gasteiger partial charge < -0.3 is 14.8 Å². The van der Waals surface area contributed by atoms with Gasteiger partial charge in [0.15, 0.2) is 6.61 Å². The van der Waals surface area contributed by atoms with Crippen LogP contribution in [0.25, 0.3) is 10.8 Å². The van der Waals surface area contributed by atoms with Crippen LogP contribution in [0, 0.1) is 0 Å². The molecule has 3 rings (SSSR count). The number of amides is 1.